The average molecular weight is 408 g/mol. The Balaban J connectivity index is 2.18. The summed E-state index contributed by atoms with van der Waals surface area (Å²) in [5.74, 6) is 0.141. The Hall–Kier alpha value is -2.05. The second-order valence-corrected chi connectivity index (χ2v) is 7.39. The van der Waals surface area contributed by atoms with Gasteiger partial charge in [0.1, 0.15) is 11.9 Å². The van der Waals surface area contributed by atoms with Crippen LogP contribution in [0.2, 0.25) is 0 Å². The normalized spacial score (nSPS) is 12.5. The van der Waals surface area contributed by atoms with E-state index < -0.39 is 17.6 Å². The summed E-state index contributed by atoms with van der Waals surface area (Å²) in [7, 11) is 0. The van der Waals surface area contributed by atoms with Crippen LogP contribution in [0.15, 0.2) is 53.0 Å². The molecule has 0 aromatic heterocycles. The highest BCUT2D eigenvalue weighted by Gasteiger charge is 2.34. The number of phenolic OH excluding ortho intramolecular Hbond substituents is 1. The van der Waals surface area contributed by atoms with Crippen LogP contribution in [0.4, 0.5) is 10.5 Å². The maximum Gasteiger partial charge on any atom is 0.412 e. The molecule has 0 fully saturated rings. The van der Waals surface area contributed by atoms with Crippen molar-refractivity contribution in [2.45, 2.75) is 26.4 Å². The van der Waals surface area contributed by atoms with Crippen LogP contribution in [0.1, 0.15) is 31.9 Å². The van der Waals surface area contributed by atoms with Crippen molar-refractivity contribution in [3.8, 4) is 5.75 Å². The number of aromatic hydroxyl groups is 1. The number of aliphatic hydroxyl groups excluding tert-OH is 1. The summed E-state index contributed by atoms with van der Waals surface area (Å²) in [6.45, 7) is 3.83. The molecule has 0 heterocycles. The minimum Gasteiger partial charge on any atom is -0.508 e. The third-order valence-electron chi connectivity index (χ3n) is 3.98. The van der Waals surface area contributed by atoms with Gasteiger partial charge in [-0.2, -0.15) is 0 Å². The van der Waals surface area contributed by atoms with Crippen molar-refractivity contribution in [3.05, 3.63) is 58.6 Å². The number of phenols is 1. The Morgan fingerprint density at radius 2 is 1.76 bits per heavy atom. The lowest BCUT2D eigenvalue weighted by Gasteiger charge is -2.33. The zero-order valence-electron chi connectivity index (χ0n) is 14.2. The van der Waals surface area contributed by atoms with Gasteiger partial charge in [0.25, 0.3) is 0 Å². The molecule has 6 heteroatoms. The SMILES string of the molecule is CC(C)(CCO)[C@H](OC(=O)Nc1ccc(Br)cc1)c1ccc(O)cc1. The first-order valence-electron chi connectivity index (χ1n) is 7.95. The van der Waals surface area contributed by atoms with Crippen LogP contribution in [0, 0.1) is 5.41 Å². The minimum absolute atomic E-state index is 0.0146. The molecule has 3 N–H and O–H groups in total. The third-order valence-corrected chi connectivity index (χ3v) is 4.51. The van der Waals surface area contributed by atoms with Gasteiger partial charge < -0.3 is 14.9 Å². The van der Waals surface area contributed by atoms with Crippen LogP contribution in [-0.2, 0) is 4.74 Å². The van der Waals surface area contributed by atoms with Gasteiger partial charge in [-0.05, 0) is 48.4 Å². The van der Waals surface area contributed by atoms with Crippen LogP contribution in [0.5, 0.6) is 5.75 Å². The average Bonchev–Trinajstić information content (AvgIpc) is 2.56. The van der Waals surface area contributed by atoms with Gasteiger partial charge in [0, 0.05) is 22.2 Å². The fraction of sp³-hybridized carbons (Fsp3) is 0.316. The van der Waals surface area contributed by atoms with Gasteiger partial charge >= 0.3 is 6.09 Å². The van der Waals surface area contributed by atoms with Crippen molar-refractivity contribution in [3.63, 3.8) is 0 Å². The molecular formula is C19H22BrNO4. The molecule has 1 amide bonds. The van der Waals surface area contributed by atoms with Crippen LogP contribution < -0.4 is 5.32 Å². The summed E-state index contributed by atoms with van der Waals surface area (Å²) in [6.07, 6.45) is -0.688. The second-order valence-electron chi connectivity index (χ2n) is 6.47. The quantitative estimate of drug-likeness (QED) is 0.638. The number of amides is 1. The minimum atomic E-state index is -0.577. The first-order chi connectivity index (χ1) is 11.8. The molecular weight excluding hydrogens is 386 g/mol. The molecule has 0 aliphatic rings. The van der Waals surface area contributed by atoms with Crippen molar-refractivity contribution < 1.29 is 19.7 Å². The van der Waals surface area contributed by atoms with E-state index in [2.05, 4.69) is 21.2 Å². The van der Waals surface area contributed by atoms with E-state index in [4.69, 9.17) is 4.74 Å². The summed E-state index contributed by atoms with van der Waals surface area (Å²) in [4.78, 5) is 12.3. The van der Waals surface area contributed by atoms with Gasteiger partial charge in [0.15, 0.2) is 0 Å². The summed E-state index contributed by atoms with van der Waals surface area (Å²) >= 11 is 3.34. The standard InChI is InChI=1S/C19H22BrNO4/c1-19(2,11-12-22)17(13-3-9-16(23)10-4-13)25-18(24)21-15-7-5-14(20)6-8-15/h3-10,17,22-23H,11-12H2,1-2H3,(H,21,24)/t17-/m1/s1. The lowest BCUT2D eigenvalue weighted by molar-refractivity contribution is 0.0152. The summed E-state index contributed by atoms with van der Waals surface area (Å²) < 4.78 is 6.59. The topological polar surface area (TPSA) is 78.8 Å². The monoisotopic (exact) mass is 407 g/mol. The number of aliphatic hydroxyl groups is 1. The van der Waals surface area contributed by atoms with Crippen LogP contribution in [-0.4, -0.2) is 22.9 Å². The van der Waals surface area contributed by atoms with Crippen LogP contribution in [0.25, 0.3) is 0 Å². The largest absolute Gasteiger partial charge is 0.508 e. The van der Waals surface area contributed by atoms with E-state index in [1.807, 2.05) is 26.0 Å². The van der Waals surface area contributed by atoms with Gasteiger partial charge in [0.05, 0.1) is 0 Å². The summed E-state index contributed by atoms with van der Waals surface area (Å²) in [6, 6.07) is 13.7. The van der Waals surface area contributed by atoms with Crippen molar-refractivity contribution in [2.24, 2.45) is 5.41 Å². The molecule has 2 rings (SSSR count). The Labute approximate surface area is 155 Å². The first-order valence-corrected chi connectivity index (χ1v) is 8.74. The van der Waals surface area contributed by atoms with Gasteiger partial charge in [-0.3, -0.25) is 5.32 Å². The molecule has 0 aliphatic carbocycles. The highest BCUT2D eigenvalue weighted by atomic mass is 79.9. The maximum atomic E-state index is 12.3. The van der Waals surface area contributed by atoms with Crippen molar-refractivity contribution in [1.29, 1.82) is 0 Å². The smallest absolute Gasteiger partial charge is 0.412 e. The number of anilines is 1. The molecule has 5 nitrogen and oxygen atoms in total. The summed E-state index contributed by atoms with van der Waals surface area (Å²) in [5, 5.41) is 21.5. The fourth-order valence-electron chi connectivity index (χ4n) is 2.53. The van der Waals surface area contributed by atoms with E-state index in [0.29, 0.717) is 12.1 Å². The third kappa shape index (κ3) is 5.47. The lowest BCUT2D eigenvalue weighted by atomic mass is 9.80. The number of halogens is 1. The molecule has 0 bridgehead atoms. The number of carbonyl (C=O) groups excluding carboxylic acids is 1. The Bertz CT molecular complexity index is 698. The number of ether oxygens (including phenoxy) is 1. The van der Waals surface area contributed by atoms with E-state index in [1.54, 1.807) is 36.4 Å². The summed E-state index contributed by atoms with van der Waals surface area (Å²) in [5.41, 5.74) is 0.891. The molecule has 25 heavy (non-hydrogen) atoms. The maximum absolute atomic E-state index is 12.3. The van der Waals surface area contributed by atoms with E-state index in [0.717, 1.165) is 10.0 Å². The molecule has 2 aromatic rings. The van der Waals surface area contributed by atoms with Gasteiger partial charge in [-0.15, -0.1) is 0 Å². The fourth-order valence-corrected chi connectivity index (χ4v) is 2.80. The first kappa shape index (κ1) is 19.3. The predicted octanol–water partition coefficient (Wildman–Crippen LogP) is 4.85. The van der Waals surface area contributed by atoms with Crippen molar-refractivity contribution in [1.82, 2.24) is 0 Å². The number of rotatable bonds is 6. The van der Waals surface area contributed by atoms with Crippen molar-refractivity contribution in [2.75, 3.05) is 11.9 Å². The predicted molar refractivity (Wildman–Crippen MR) is 101 cm³/mol. The second kappa shape index (κ2) is 8.36. The van der Waals surface area contributed by atoms with Crippen molar-refractivity contribution >= 4 is 27.7 Å². The van der Waals surface area contributed by atoms with E-state index in [1.165, 1.54) is 0 Å². The van der Waals surface area contributed by atoms with Crippen LogP contribution >= 0.6 is 15.9 Å². The zero-order chi connectivity index (χ0) is 18.4. The number of carbonyl (C=O) groups is 1. The molecule has 134 valence electrons. The zero-order valence-corrected chi connectivity index (χ0v) is 15.8. The molecule has 0 saturated carbocycles. The number of hydrogen-bond acceptors (Lipinski definition) is 4. The van der Waals surface area contributed by atoms with Gasteiger partial charge in [-0.1, -0.05) is 41.9 Å². The molecule has 0 saturated heterocycles. The molecule has 0 unspecified atom stereocenters. The van der Waals surface area contributed by atoms with Crippen LogP contribution in [0.3, 0.4) is 0 Å². The Kier molecular flexibility index (Phi) is 6.45. The molecule has 0 spiro atoms. The van der Waals surface area contributed by atoms with E-state index in [-0.39, 0.29) is 12.4 Å². The number of benzene rings is 2. The Morgan fingerprint density at radius 3 is 2.32 bits per heavy atom. The van der Waals surface area contributed by atoms with Gasteiger partial charge in [-0.25, -0.2) is 4.79 Å². The highest BCUT2D eigenvalue weighted by molar-refractivity contribution is 9.10. The van der Waals surface area contributed by atoms with E-state index >= 15 is 0 Å². The van der Waals surface area contributed by atoms with Gasteiger partial charge in [0.2, 0.25) is 0 Å². The lowest BCUT2D eigenvalue weighted by Crippen LogP contribution is -2.29. The number of hydrogen-bond donors (Lipinski definition) is 3. The highest BCUT2D eigenvalue weighted by Crippen LogP contribution is 2.40. The molecule has 0 aliphatic heterocycles. The molecule has 1 atom stereocenters. The molecule has 2 aromatic carbocycles. The van der Waals surface area contributed by atoms with E-state index in [9.17, 15) is 15.0 Å². The number of nitrogens with one attached hydrogen (secondary N) is 1. The Morgan fingerprint density at radius 1 is 1.16 bits per heavy atom. The molecule has 0 radical (unpaired) electrons.